The molecule has 1 aromatic carbocycles. The maximum Gasteiger partial charge on any atom is 0.265 e. The molecule has 1 aliphatic heterocycles. The molecule has 0 spiro atoms. The van der Waals surface area contributed by atoms with Crippen LogP contribution >= 0.6 is 0 Å². The van der Waals surface area contributed by atoms with Crippen molar-refractivity contribution in [2.45, 2.75) is 25.8 Å². The van der Waals surface area contributed by atoms with Crippen molar-refractivity contribution in [3.8, 4) is 0 Å². The van der Waals surface area contributed by atoms with Gasteiger partial charge in [0.25, 0.3) is 5.91 Å². The summed E-state index contributed by atoms with van der Waals surface area (Å²) in [7, 11) is 0. The second-order valence-corrected chi connectivity index (χ2v) is 5.74. The number of anilines is 1. The fourth-order valence-electron chi connectivity index (χ4n) is 2.68. The summed E-state index contributed by atoms with van der Waals surface area (Å²) >= 11 is 0. The normalized spacial score (nSPS) is 15.1. The Morgan fingerprint density at radius 2 is 1.96 bits per heavy atom. The highest BCUT2D eigenvalue weighted by atomic mass is 16.2. The largest absolute Gasteiger partial charge is 0.379 e. The summed E-state index contributed by atoms with van der Waals surface area (Å²) in [5, 5.41) is 5.32. The Morgan fingerprint density at radius 3 is 2.74 bits per heavy atom. The van der Waals surface area contributed by atoms with E-state index in [2.05, 4.69) is 15.7 Å². The Hall–Kier alpha value is -2.40. The van der Waals surface area contributed by atoms with E-state index in [0.717, 1.165) is 37.3 Å². The van der Waals surface area contributed by atoms with E-state index in [0.29, 0.717) is 12.1 Å². The van der Waals surface area contributed by atoms with Crippen molar-refractivity contribution in [3.63, 3.8) is 0 Å². The van der Waals surface area contributed by atoms with E-state index in [1.54, 1.807) is 6.20 Å². The topological polar surface area (TPSA) is 57.3 Å². The summed E-state index contributed by atoms with van der Waals surface area (Å²) in [6.07, 6.45) is 5.32. The third-order valence-electron chi connectivity index (χ3n) is 3.94. The Labute approximate surface area is 136 Å². The van der Waals surface area contributed by atoms with Crippen LogP contribution in [0.25, 0.3) is 0 Å². The Morgan fingerprint density at radius 1 is 1.09 bits per heavy atom. The van der Waals surface area contributed by atoms with Gasteiger partial charge < -0.3 is 5.32 Å². The van der Waals surface area contributed by atoms with E-state index in [1.807, 2.05) is 47.5 Å². The molecule has 0 bridgehead atoms. The van der Waals surface area contributed by atoms with Crippen molar-refractivity contribution in [2.24, 2.45) is 0 Å². The maximum absolute atomic E-state index is 12.3. The van der Waals surface area contributed by atoms with E-state index < -0.39 is 0 Å². The average Bonchev–Trinajstić information content (AvgIpc) is 2.62. The van der Waals surface area contributed by atoms with Crippen LogP contribution in [0.1, 0.15) is 35.3 Å². The molecule has 2 N–H and O–H groups in total. The van der Waals surface area contributed by atoms with Gasteiger partial charge in [0.05, 0.1) is 12.2 Å². The van der Waals surface area contributed by atoms with E-state index >= 15 is 0 Å². The summed E-state index contributed by atoms with van der Waals surface area (Å²) in [4.78, 5) is 16.6. The van der Waals surface area contributed by atoms with Crippen molar-refractivity contribution < 1.29 is 4.79 Å². The van der Waals surface area contributed by atoms with Crippen LogP contribution in [0.2, 0.25) is 0 Å². The molecule has 0 unspecified atom stereocenters. The van der Waals surface area contributed by atoms with Gasteiger partial charge in [-0.3, -0.25) is 15.2 Å². The molecule has 0 aliphatic carbocycles. The molecule has 1 saturated heterocycles. The third kappa shape index (κ3) is 4.53. The lowest BCUT2D eigenvalue weighted by Crippen LogP contribution is -2.45. The first-order valence-corrected chi connectivity index (χ1v) is 8.11. The average molecular weight is 310 g/mol. The van der Waals surface area contributed by atoms with Gasteiger partial charge in [0.2, 0.25) is 0 Å². The molecule has 23 heavy (non-hydrogen) atoms. The van der Waals surface area contributed by atoms with Crippen LogP contribution < -0.4 is 10.7 Å². The lowest BCUT2D eigenvalue weighted by atomic mass is 10.1. The number of carbonyl (C=O) groups is 1. The number of hydrogen-bond acceptors (Lipinski definition) is 4. The Bertz CT molecular complexity index is 638. The molecule has 1 aromatic heterocycles. The number of hydrogen-bond donors (Lipinski definition) is 2. The lowest BCUT2D eigenvalue weighted by Gasteiger charge is -2.26. The van der Waals surface area contributed by atoms with Crippen LogP contribution in [-0.2, 0) is 6.54 Å². The molecule has 1 aliphatic rings. The molecule has 3 rings (SSSR count). The van der Waals surface area contributed by atoms with Gasteiger partial charge in [0.1, 0.15) is 0 Å². The summed E-state index contributed by atoms with van der Waals surface area (Å²) in [6, 6.07) is 13.4. The molecule has 120 valence electrons. The number of pyridine rings is 1. The quantitative estimate of drug-likeness (QED) is 0.891. The zero-order valence-electron chi connectivity index (χ0n) is 13.2. The van der Waals surface area contributed by atoms with E-state index in [9.17, 15) is 4.79 Å². The maximum atomic E-state index is 12.3. The number of amides is 1. The first kappa shape index (κ1) is 15.5. The van der Waals surface area contributed by atoms with Gasteiger partial charge in [-0.1, -0.05) is 18.6 Å². The summed E-state index contributed by atoms with van der Waals surface area (Å²) in [6.45, 7) is 2.50. The molecule has 0 saturated carbocycles. The summed E-state index contributed by atoms with van der Waals surface area (Å²) < 4.78 is 0. The van der Waals surface area contributed by atoms with E-state index in [4.69, 9.17) is 0 Å². The number of nitrogens with one attached hydrogen (secondary N) is 2. The number of nitrogens with zero attached hydrogens (tertiary/aromatic N) is 2. The zero-order valence-corrected chi connectivity index (χ0v) is 13.2. The Balaban J connectivity index is 1.59. The lowest BCUT2D eigenvalue weighted by molar-refractivity contribution is 0.0750. The number of aromatic nitrogens is 1. The van der Waals surface area contributed by atoms with Gasteiger partial charge in [-0.25, -0.2) is 5.01 Å². The molecule has 5 nitrogen and oxygen atoms in total. The highest BCUT2D eigenvalue weighted by molar-refractivity contribution is 5.94. The second-order valence-electron chi connectivity index (χ2n) is 5.74. The van der Waals surface area contributed by atoms with Crippen LogP contribution in [0.4, 0.5) is 5.69 Å². The molecular formula is C18H22N4O. The monoisotopic (exact) mass is 310 g/mol. The van der Waals surface area contributed by atoms with Gasteiger partial charge in [-0.05, 0) is 43.2 Å². The van der Waals surface area contributed by atoms with E-state index in [-0.39, 0.29) is 5.91 Å². The minimum atomic E-state index is -0.0478. The number of carbonyl (C=O) groups excluding carboxylic acids is 1. The van der Waals surface area contributed by atoms with Crippen LogP contribution in [0.5, 0.6) is 0 Å². The van der Waals surface area contributed by atoms with Gasteiger partial charge in [-0.2, -0.15) is 0 Å². The fourth-order valence-corrected chi connectivity index (χ4v) is 2.68. The summed E-state index contributed by atoms with van der Waals surface area (Å²) in [5.41, 5.74) is 5.55. The molecule has 0 atom stereocenters. The van der Waals surface area contributed by atoms with Gasteiger partial charge in [-0.15, -0.1) is 0 Å². The first-order chi connectivity index (χ1) is 11.3. The van der Waals surface area contributed by atoms with Crippen molar-refractivity contribution in [1.29, 1.82) is 0 Å². The third-order valence-corrected chi connectivity index (χ3v) is 3.94. The van der Waals surface area contributed by atoms with Crippen molar-refractivity contribution >= 4 is 11.6 Å². The smallest absolute Gasteiger partial charge is 0.265 e. The number of piperidine rings is 1. The highest BCUT2D eigenvalue weighted by Gasteiger charge is 2.14. The zero-order chi connectivity index (χ0) is 15.9. The second kappa shape index (κ2) is 7.74. The molecule has 0 radical (unpaired) electrons. The highest BCUT2D eigenvalue weighted by Crippen LogP contribution is 2.13. The number of hydrazine groups is 1. The number of rotatable bonds is 5. The first-order valence-electron chi connectivity index (χ1n) is 8.11. The fraction of sp³-hybridized carbons (Fsp3) is 0.333. The van der Waals surface area contributed by atoms with Gasteiger partial charge in [0.15, 0.2) is 0 Å². The van der Waals surface area contributed by atoms with Crippen LogP contribution in [0, 0.1) is 0 Å². The summed E-state index contributed by atoms with van der Waals surface area (Å²) in [5.74, 6) is -0.0478. The van der Waals surface area contributed by atoms with Crippen LogP contribution in [0.15, 0.2) is 48.7 Å². The predicted octanol–water partition coefficient (Wildman–Crippen LogP) is 2.82. The van der Waals surface area contributed by atoms with Crippen LogP contribution in [0.3, 0.4) is 0 Å². The predicted molar refractivity (Wildman–Crippen MR) is 90.9 cm³/mol. The van der Waals surface area contributed by atoms with E-state index in [1.165, 1.54) is 6.42 Å². The molecular weight excluding hydrogens is 288 g/mol. The van der Waals surface area contributed by atoms with Gasteiger partial charge >= 0.3 is 0 Å². The molecule has 2 aromatic rings. The van der Waals surface area contributed by atoms with Gasteiger partial charge in [0, 0.05) is 30.5 Å². The standard InChI is InChI=1S/C18H22N4O/c23-18(21-22-11-4-1-5-12-22)15-7-6-9-16(13-15)20-14-17-8-2-3-10-19-17/h2-3,6-10,13,20H,1,4-5,11-12,14H2,(H,21,23). The van der Waals surface area contributed by atoms with Crippen molar-refractivity contribution in [1.82, 2.24) is 15.4 Å². The molecule has 5 heteroatoms. The van der Waals surface area contributed by atoms with Crippen molar-refractivity contribution in [3.05, 3.63) is 59.9 Å². The SMILES string of the molecule is O=C(NN1CCCCC1)c1cccc(NCc2ccccn2)c1. The minimum absolute atomic E-state index is 0.0478. The number of benzene rings is 1. The molecule has 1 fully saturated rings. The molecule has 1 amide bonds. The Kier molecular flexibility index (Phi) is 5.21. The van der Waals surface area contributed by atoms with Crippen molar-refractivity contribution in [2.75, 3.05) is 18.4 Å². The molecule has 2 heterocycles. The minimum Gasteiger partial charge on any atom is -0.379 e. The van der Waals surface area contributed by atoms with Crippen LogP contribution in [-0.4, -0.2) is 29.0 Å².